The van der Waals surface area contributed by atoms with Crippen LogP contribution in [0.25, 0.3) is 11.0 Å². The Kier molecular flexibility index (Phi) is 3.52. The van der Waals surface area contributed by atoms with Crippen molar-refractivity contribution in [1.29, 1.82) is 0 Å². The van der Waals surface area contributed by atoms with E-state index in [0.717, 1.165) is 29.7 Å². The van der Waals surface area contributed by atoms with Gasteiger partial charge in [0, 0.05) is 5.69 Å². The topological polar surface area (TPSA) is 58.6 Å². The van der Waals surface area contributed by atoms with Crippen LogP contribution < -0.4 is 5.56 Å². The molecule has 106 valence electrons. The highest BCUT2D eigenvalue weighted by atomic mass is 16.1. The highest BCUT2D eigenvalue weighted by Gasteiger charge is 2.12. The third-order valence-electron chi connectivity index (χ3n) is 3.94. The fourth-order valence-corrected chi connectivity index (χ4v) is 2.58. The van der Waals surface area contributed by atoms with Gasteiger partial charge in [-0.1, -0.05) is 30.3 Å². The van der Waals surface area contributed by atoms with Gasteiger partial charge in [-0.2, -0.15) is 0 Å². The van der Waals surface area contributed by atoms with E-state index in [-0.39, 0.29) is 5.56 Å². The van der Waals surface area contributed by atoms with E-state index in [9.17, 15) is 4.79 Å². The molecule has 3 aromatic rings. The molecule has 0 bridgehead atoms. The van der Waals surface area contributed by atoms with E-state index in [1.54, 1.807) is 0 Å². The molecule has 4 heteroatoms. The van der Waals surface area contributed by atoms with Crippen LogP contribution in [0.4, 0.5) is 0 Å². The quantitative estimate of drug-likeness (QED) is 0.802. The molecule has 4 nitrogen and oxygen atoms in total. The van der Waals surface area contributed by atoms with Gasteiger partial charge < -0.3 is 4.98 Å². The Morgan fingerprint density at radius 1 is 1.05 bits per heavy atom. The van der Waals surface area contributed by atoms with Crippen LogP contribution in [0.5, 0.6) is 0 Å². The molecule has 0 spiro atoms. The van der Waals surface area contributed by atoms with Crippen molar-refractivity contribution in [3.63, 3.8) is 0 Å². The van der Waals surface area contributed by atoms with E-state index in [1.807, 2.05) is 32.0 Å². The van der Waals surface area contributed by atoms with E-state index in [1.165, 1.54) is 11.9 Å². The minimum Gasteiger partial charge on any atom is -0.312 e. The average molecular weight is 279 g/mol. The van der Waals surface area contributed by atoms with Crippen LogP contribution in [0, 0.1) is 13.8 Å². The third-order valence-corrected chi connectivity index (χ3v) is 3.94. The second-order valence-electron chi connectivity index (χ2n) is 5.22. The molecule has 0 aliphatic rings. The Labute approximate surface area is 122 Å². The number of nitrogens with one attached hydrogen (secondary N) is 1. The molecule has 21 heavy (non-hydrogen) atoms. The Hall–Kier alpha value is -2.49. The molecule has 0 amide bonds. The minimum absolute atomic E-state index is 0.122. The number of aryl methyl sites for hydroxylation is 3. The first kappa shape index (κ1) is 13.5. The number of H-pyrrole nitrogens is 1. The van der Waals surface area contributed by atoms with E-state index < -0.39 is 0 Å². The van der Waals surface area contributed by atoms with Crippen molar-refractivity contribution in [2.75, 3.05) is 0 Å². The molecule has 0 unspecified atom stereocenters. The first-order valence-corrected chi connectivity index (χ1v) is 7.04. The number of hydrogen-bond donors (Lipinski definition) is 1. The maximum atomic E-state index is 11.9. The van der Waals surface area contributed by atoms with Gasteiger partial charge in [-0.15, -0.1) is 0 Å². The highest BCUT2D eigenvalue weighted by Crippen LogP contribution is 2.19. The zero-order valence-electron chi connectivity index (χ0n) is 12.2. The first-order valence-electron chi connectivity index (χ1n) is 7.04. The van der Waals surface area contributed by atoms with Crippen LogP contribution in [0.15, 0.2) is 41.5 Å². The van der Waals surface area contributed by atoms with Crippen LogP contribution in [0.3, 0.4) is 0 Å². The van der Waals surface area contributed by atoms with E-state index in [4.69, 9.17) is 0 Å². The van der Waals surface area contributed by atoms with Crippen molar-refractivity contribution in [3.05, 3.63) is 69.4 Å². The van der Waals surface area contributed by atoms with Crippen LogP contribution in [0.1, 0.15) is 22.4 Å². The number of fused-ring (bicyclic) bond motifs is 1. The highest BCUT2D eigenvalue weighted by molar-refractivity contribution is 5.78. The fourth-order valence-electron chi connectivity index (χ4n) is 2.58. The standard InChI is InChI=1S/C17H17N3O/c1-11-12(2)15-16(18-10-19-17(15)21)20-14(11)9-8-13-6-4-3-5-7-13/h3-7,10H,8-9H2,1-2H3,(H,18,19,20,21). The zero-order chi connectivity index (χ0) is 14.8. The number of aromatic nitrogens is 3. The molecule has 0 saturated heterocycles. The van der Waals surface area contributed by atoms with E-state index in [2.05, 4.69) is 27.1 Å². The summed E-state index contributed by atoms with van der Waals surface area (Å²) in [7, 11) is 0. The molecular weight excluding hydrogens is 262 g/mol. The normalized spacial score (nSPS) is 11.0. The van der Waals surface area contributed by atoms with Crippen LogP contribution >= 0.6 is 0 Å². The van der Waals surface area contributed by atoms with Crippen molar-refractivity contribution >= 4 is 11.0 Å². The second kappa shape index (κ2) is 5.48. The molecule has 0 atom stereocenters. The maximum absolute atomic E-state index is 11.9. The van der Waals surface area contributed by atoms with Crippen molar-refractivity contribution in [3.8, 4) is 0 Å². The van der Waals surface area contributed by atoms with Gasteiger partial charge >= 0.3 is 0 Å². The lowest BCUT2D eigenvalue weighted by molar-refractivity contribution is 0.900. The largest absolute Gasteiger partial charge is 0.312 e. The van der Waals surface area contributed by atoms with Gasteiger partial charge in [-0.05, 0) is 43.4 Å². The zero-order valence-corrected chi connectivity index (χ0v) is 12.2. The van der Waals surface area contributed by atoms with Crippen molar-refractivity contribution in [2.45, 2.75) is 26.7 Å². The second-order valence-corrected chi connectivity index (χ2v) is 5.22. The Morgan fingerprint density at radius 3 is 2.57 bits per heavy atom. The van der Waals surface area contributed by atoms with Gasteiger partial charge in [0.2, 0.25) is 0 Å². The number of nitrogens with zero attached hydrogens (tertiary/aromatic N) is 2. The average Bonchev–Trinajstić information content (AvgIpc) is 2.50. The lowest BCUT2D eigenvalue weighted by atomic mass is 10.0. The molecular formula is C17H17N3O. The SMILES string of the molecule is Cc1c(CCc2ccccc2)nc2nc[nH]c(=O)c2c1C. The Bertz CT molecular complexity index is 838. The summed E-state index contributed by atoms with van der Waals surface area (Å²) in [5.41, 5.74) is 4.76. The number of rotatable bonds is 3. The molecule has 0 aliphatic heterocycles. The van der Waals surface area contributed by atoms with E-state index in [0.29, 0.717) is 11.0 Å². The predicted molar refractivity (Wildman–Crippen MR) is 83.5 cm³/mol. The van der Waals surface area contributed by atoms with Gasteiger partial charge in [-0.3, -0.25) is 4.79 Å². The molecule has 2 aromatic heterocycles. The summed E-state index contributed by atoms with van der Waals surface area (Å²) in [6.45, 7) is 3.98. The van der Waals surface area contributed by atoms with E-state index >= 15 is 0 Å². The molecule has 0 aliphatic carbocycles. The van der Waals surface area contributed by atoms with Crippen LogP contribution in [0.2, 0.25) is 0 Å². The van der Waals surface area contributed by atoms with Gasteiger partial charge in [0.1, 0.15) is 0 Å². The smallest absolute Gasteiger partial charge is 0.260 e. The molecule has 1 N–H and O–H groups in total. The number of hydrogen-bond acceptors (Lipinski definition) is 3. The van der Waals surface area contributed by atoms with Gasteiger partial charge in [0.15, 0.2) is 5.65 Å². The maximum Gasteiger partial charge on any atom is 0.260 e. The lowest BCUT2D eigenvalue weighted by Gasteiger charge is -2.10. The van der Waals surface area contributed by atoms with Gasteiger partial charge in [0.25, 0.3) is 5.56 Å². The van der Waals surface area contributed by atoms with Gasteiger partial charge in [-0.25, -0.2) is 9.97 Å². The number of benzene rings is 1. The monoisotopic (exact) mass is 279 g/mol. The summed E-state index contributed by atoms with van der Waals surface area (Å²) in [4.78, 5) is 23.3. The lowest BCUT2D eigenvalue weighted by Crippen LogP contribution is -2.12. The molecule has 0 radical (unpaired) electrons. The van der Waals surface area contributed by atoms with Gasteiger partial charge in [0.05, 0.1) is 11.7 Å². The van der Waals surface area contributed by atoms with Crippen LogP contribution in [-0.2, 0) is 12.8 Å². The first-order chi connectivity index (χ1) is 10.2. The molecule has 0 fully saturated rings. The summed E-state index contributed by atoms with van der Waals surface area (Å²) >= 11 is 0. The Balaban J connectivity index is 2.00. The predicted octanol–water partition coefficient (Wildman–Crippen LogP) is 2.72. The third kappa shape index (κ3) is 2.57. The summed E-state index contributed by atoms with van der Waals surface area (Å²) in [6.07, 6.45) is 3.19. The summed E-state index contributed by atoms with van der Waals surface area (Å²) in [6, 6.07) is 10.3. The molecule has 3 rings (SSSR count). The van der Waals surface area contributed by atoms with Crippen molar-refractivity contribution in [1.82, 2.24) is 15.0 Å². The molecule has 1 aromatic carbocycles. The fraction of sp³-hybridized carbons (Fsp3) is 0.235. The summed E-state index contributed by atoms with van der Waals surface area (Å²) < 4.78 is 0. The number of aromatic amines is 1. The summed E-state index contributed by atoms with van der Waals surface area (Å²) in [5, 5.41) is 0.596. The van der Waals surface area contributed by atoms with Crippen molar-refractivity contribution < 1.29 is 0 Å². The molecule has 0 saturated carbocycles. The minimum atomic E-state index is -0.122. The molecule has 2 heterocycles. The van der Waals surface area contributed by atoms with Crippen LogP contribution in [-0.4, -0.2) is 15.0 Å². The number of pyridine rings is 1. The van der Waals surface area contributed by atoms with Crippen molar-refractivity contribution in [2.24, 2.45) is 0 Å². The Morgan fingerprint density at radius 2 is 1.81 bits per heavy atom. The summed E-state index contributed by atoms with van der Waals surface area (Å²) in [5.74, 6) is 0.